The molecule has 0 saturated carbocycles. The number of amidine groups is 1. The summed E-state index contributed by atoms with van der Waals surface area (Å²) in [6.07, 6.45) is 0. The second-order valence-electron chi connectivity index (χ2n) is 7.65. The highest BCUT2D eigenvalue weighted by Crippen LogP contribution is 2.42. The summed E-state index contributed by atoms with van der Waals surface area (Å²) in [6, 6.07) is 38.0. The second kappa shape index (κ2) is 8.49. The van der Waals surface area contributed by atoms with Gasteiger partial charge in [0.2, 0.25) is 0 Å². The van der Waals surface area contributed by atoms with Crippen LogP contribution in [-0.2, 0) is 6.54 Å². The van der Waals surface area contributed by atoms with Gasteiger partial charge in [-0.2, -0.15) is 0 Å². The molecule has 3 nitrogen and oxygen atoms in total. The Bertz CT molecular complexity index is 1190. The largest absolute Gasteiger partial charge is 0.497 e. The molecule has 5 rings (SSSR count). The van der Waals surface area contributed by atoms with Crippen molar-refractivity contribution in [2.24, 2.45) is 4.99 Å². The Morgan fingerprint density at radius 2 is 1.42 bits per heavy atom. The van der Waals surface area contributed by atoms with Crippen molar-refractivity contribution in [2.75, 3.05) is 7.11 Å². The van der Waals surface area contributed by atoms with Crippen LogP contribution >= 0.6 is 0 Å². The first kappa shape index (κ1) is 19.1. The van der Waals surface area contributed by atoms with Gasteiger partial charge in [-0.3, -0.25) is 0 Å². The van der Waals surface area contributed by atoms with E-state index in [-0.39, 0.29) is 6.04 Å². The van der Waals surface area contributed by atoms with E-state index in [1.165, 1.54) is 16.7 Å². The summed E-state index contributed by atoms with van der Waals surface area (Å²) >= 11 is 0. The summed E-state index contributed by atoms with van der Waals surface area (Å²) < 4.78 is 5.50. The Labute approximate surface area is 183 Å². The van der Waals surface area contributed by atoms with E-state index in [4.69, 9.17) is 9.73 Å². The van der Waals surface area contributed by atoms with Crippen LogP contribution in [0.15, 0.2) is 114 Å². The van der Waals surface area contributed by atoms with Gasteiger partial charge >= 0.3 is 0 Å². The summed E-state index contributed by atoms with van der Waals surface area (Å²) in [5.41, 5.74) is 5.74. The highest BCUT2D eigenvalue weighted by atomic mass is 16.5. The fourth-order valence-corrected chi connectivity index (χ4v) is 4.21. The van der Waals surface area contributed by atoms with E-state index in [1.807, 2.05) is 18.2 Å². The molecule has 0 unspecified atom stereocenters. The minimum absolute atomic E-state index is 0.0509. The zero-order valence-corrected chi connectivity index (χ0v) is 17.5. The quantitative estimate of drug-likeness (QED) is 0.386. The Kier molecular flexibility index (Phi) is 5.24. The van der Waals surface area contributed by atoms with Crippen LogP contribution in [-0.4, -0.2) is 17.8 Å². The lowest BCUT2D eigenvalue weighted by Gasteiger charge is -2.39. The van der Waals surface area contributed by atoms with E-state index >= 15 is 0 Å². The molecule has 0 fully saturated rings. The molecular formula is C28H24N2O. The number of methoxy groups -OCH3 is 1. The van der Waals surface area contributed by atoms with Crippen molar-refractivity contribution in [3.63, 3.8) is 0 Å². The zero-order valence-electron chi connectivity index (χ0n) is 17.5. The molecule has 1 heterocycles. The van der Waals surface area contributed by atoms with Crippen LogP contribution in [0.2, 0.25) is 0 Å². The maximum atomic E-state index is 5.50. The molecule has 1 atom stereocenters. The van der Waals surface area contributed by atoms with Crippen molar-refractivity contribution in [2.45, 2.75) is 12.6 Å². The van der Waals surface area contributed by atoms with Crippen molar-refractivity contribution < 1.29 is 4.74 Å². The molecule has 0 aliphatic carbocycles. The average molecular weight is 405 g/mol. The highest BCUT2D eigenvalue weighted by Gasteiger charge is 2.32. The molecule has 0 aromatic heterocycles. The molecule has 0 saturated heterocycles. The van der Waals surface area contributed by atoms with Crippen LogP contribution in [0.3, 0.4) is 0 Å². The van der Waals surface area contributed by atoms with E-state index in [0.29, 0.717) is 0 Å². The van der Waals surface area contributed by atoms with Crippen molar-refractivity contribution in [3.05, 3.63) is 131 Å². The molecule has 152 valence electrons. The van der Waals surface area contributed by atoms with Crippen LogP contribution in [0.5, 0.6) is 5.75 Å². The number of nitrogens with zero attached hydrogens (tertiary/aromatic N) is 2. The number of hydrogen-bond acceptors (Lipinski definition) is 3. The molecule has 31 heavy (non-hydrogen) atoms. The van der Waals surface area contributed by atoms with Gasteiger partial charge in [-0.1, -0.05) is 97.1 Å². The monoisotopic (exact) mass is 404 g/mol. The van der Waals surface area contributed by atoms with Crippen LogP contribution in [0.1, 0.15) is 28.3 Å². The Morgan fingerprint density at radius 3 is 2.10 bits per heavy atom. The predicted octanol–water partition coefficient (Wildman–Crippen LogP) is 6.38. The number of rotatable bonds is 5. The molecule has 0 N–H and O–H groups in total. The Morgan fingerprint density at radius 1 is 0.774 bits per heavy atom. The number of benzene rings is 4. The summed E-state index contributed by atoms with van der Waals surface area (Å²) in [5.74, 6) is 1.79. The van der Waals surface area contributed by atoms with E-state index in [1.54, 1.807) is 7.11 Å². The third kappa shape index (κ3) is 3.82. The minimum Gasteiger partial charge on any atom is -0.497 e. The van der Waals surface area contributed by atoms with Crippen LogP contribution in [0.4, 0.5) is 5.69 Å². The van der Waals surface area contributed by atoms with Gasteiger partial charge in [0.15, 0.2) is 0 Å². The maximum absolute atomic E-state index is 5.50. The van der Waals surface area contributed by atoms with E-state index in [9.17, 15) is 0 Å². The van der Waals surface area contributed by atoms with Gasteiger partial charge in [-0.15, -0.1) is 0 Å². The third-order valence-corrected chi connectivity index (χ3v) is 5.69. The summed E-state index contributed by atoms with van der Waals surface area (Å²) in [5, 5.41) is 0. The molecule has 4 aromatic rings. The van der Waals surface area contributed by atoms with Crippen LogP contribution in [0.25, 0.3) is 0 Å². The molecule has 3 heteroatoms. The average Bonchev–Trinajstić information content (AvgIpc) is 2.85. The fraction of sp³-hybridized carbons (Fsp3) is 0.107. The summed E-state index contributed by atoms with van der Waals surface area (Å²) in [7, 11) is 1.70. The van der Waals surface area contributed by atoms with E-state index in [2.05, 4.69) is 95.9 Å². The van der Waals surface area contributed by atoms with Gasteiger partial charge in [-0.25, -0.2) is 4.99 Å². The van der Waals surface area contributed by atoms with E-state index in [0.717, 1.165) is 29.4 Å². The molecule has 1 aliphatic heterocycles. The van der Waals surface area contributed by atoms with Gasteiger partial charge in [0.25, 0.3) is 0 Å². The number of aliphatic imine (C=N–C) groups is 1. The van der Waals surface area contributed by atoms with Gasteiger partial charge in [0, 0.05) is 23.7 Å². The molecule has 0 amide bonds. The number of hydrogen-bond donors (Lipinski definition) is 0. The first-order valence-electron chi connectivity index (χ1n) is 10.5. The van der Waals surface area contributed by atoms with E-state index < -0.39 is 0 Å². The minimum atomic E-state index is 0.0509. The van der Waals surface area contributed by atoms with Crippen LogP contribution in [0, 0.1) is 0 Å². The SMILES string of the molecule is COc1ccc2c(c1)N=C(c1ccccc1)N(Cc1ccccc1)[C@@H]2c1ccccc1. The number of fused-ring (bicyclic) bond motifs is 1. The second-order valence-corrected chi connectivity index (χ2v) is 7.65. The first-order valence-corrected chi connectivity index (χ1v) is 10.5. The van der Waals surface area contributed by atoms with Crippen molar-refractivity contribution >= 4 is 11.5 Å². The fourth-order valence-electron chi connectivity index (χ4n) is 4.21. The lowest BCUT2D eigenvalue weighted by Crippen LogP contribution is -2.38. The molecule has 0 radical (unpaired) electrons. The summed E-state index contributed by atoms with van der Waals surface area (Å²) in [6.45, 7) is 0.763. The van der Waals surface area contributed by atoms with Crippen molar-refractivity contribution in [1.82, 2.24) is 4.90 Å². The van der Waals surface area contributed by atoms with Gasteiger partial charge < -0.3 is 9.64 Å². The topological polar surface area (TPSA) is 24.8 Å². The van der Waals surface area contributed by atoms with Crippen molar-refractivity contribution in [1.29, 1.82) is 0 Å². The lowest BCUT2D eigenvalue weighted by molar-refractivity contribution is 0.344. The molecule has 4 aromatic carbocycles. The molecule has 1 aliphatic rings. The van der Waals surface area contributed by atoms with Crippen LogP contribution < -0.4 is 4.74 Å². The Balaban J connectivity index is 1.72. The standard InChI is InChI=1S/C28H24N2O/c1-31-24-17-18-25-26(19-24)29-28(23-15-9-4-10-16-23)30(20-21-11-5-2-6-12-21)27(25)22-13-7-3-8-14-22/h2-19,27H,20H2,1H3/t27-/m1/s1. The molecule has 0 bridgehead atoms. The van der Waals surface area contributed by atoms with Crippen molar-refractivity contribution in [3.8, 4) is 5.75 Å². The predicted molar refractivity (Wildman–Crippen MR) is 126 cm³/mol. The lowest BCUT2D eigenvalue weighted by atomic mass is 9.92. The van der Waals surface area contributed by atoms with Gasteiger partial charge in [-0.05, 0) is 17.2 Å². The number of ether oxygens (including phenoxy) is 1. The molecular weight excluding hydrogens is 380 g/mol. The highest BCUT2D eigenvalue weighted by molar-refractivity contribution is 6.02. The normalized spacial score (nSPS) is 15.2. The van der Waals surface area contributed by atoms with Gasteiger partial charge in [0.1, 0.15) is 11.6 Å². The third-order valence-electron chi connectivity index (χ3n) is 5.69. The zero-order chi connectivity index (χ0) is 21.0. The smallest absolute Gasteiger partial charge is 0.137 e. The maximum Gasteiger partial charge on any atom is 0.137 e. The summed E-state index contributed by atoms with van der Waals surface area (Å²) in [4.78, 5) is 7.55. The molecule has 0 spiro atoms. The Hall–Kier alpha value is -3.85. The first-order chi connectivity index (χ1) is 15.3. The van der Waals surface area contributed by atoms with Gasteiger partial charge in [0.05, 0.1) is 18.8 Å².